The minimum absolute atomic E-state index is 0.0546. The van der Waals surface area contributed by atoms with Crippen LogP contribution in [0.3, 0.4) is 0 Å². The van der Waals surface area contributed by atoms with E-state index >= 15 is 0 Å². The molecule has 0 atom stereocenters. The summed E-state index contributed by atoms with van der Waals surface area (Å²) in [5.41, 5.74) is -0.232. The highest BCUT2D eigenvalue weighted by molar-refractivity contribution is 5.87. The molecular weight excluding hydrogens is 188 g/mol. The third-order valence-electron chi connectivity index (χ3n) is 1.44. The fourth-order valence-electron chi connectivity index (χ4n) is 0.850. The first-order chi connectivity index (χ1) is 6.65. The maximum absolute atomic E-state index is 11.1. The number of hydrogen-bond acceptors (Lipinski definition) is 5. The summed E-state index contributed by atoms with van der Waals surface area (Å²) in [6.45, 7) is 1.86. The molecule has 74 valence electrons. The molecule has 0 unspecified atom stereocenters. The van der Waals surface area contributed by atoms with Gasteiger partial charge in [-0.3, -0.25) is 10.1 Å². The molecule has 1 aromatic rings. The zero-order valence-electron chi connectivity index (χ0n) is 7.47. The van der Waals surface area contributed by atoms with E-state index in [0.717, 1.165) is 6.07 Å². The second-order valence-electron chi connectivity index (χ2n) is 2.38. The van der Waals surface area contributed by atoms with Crippen LogP contribution in [0, 0.1) is 10.1 Å². The summed E-state index contributed by atoms with van der Waals surface area (Å²) in [6, 6.07) is 2.29. The monoisotopic (exact) mass is 196 g/mol. The van der Waals surface area contributed by atoms with Crippen molar-refractivity contribution in [3.05, 3.63) is 34.1 Å². The molecule has 1 aromatic heterocycles. The van der Waals surface area contributed by atoms with E-state index in [1.54, 1.807) is 6.92 Å². The van der Waals surface area contributed by atoms with Crippen LogP contribution >= 0.6 is 0 Å². The minimum atomic E-state index is -0.656. The molecule has 1 heterocycles. The van der Waals surface area contributed by atoms with Gasteiger partial charge in [0.15, 0.2) is 5.69 Å². The van der Waals surface area contributed by atoms with Crippen molar-refractivity contribution < 1.29 is 14.5 Å². The average Bonchev–Trinajstić information content (AvgIpc) is 2.18. The van der Waals surface area contributed by atoms with Gasteiger partial charge in [0.25, 0.3) is 5.69 Å². The molecule has 14 heavy (non-hydrogen) atoms. The van der Waals surface area contributed by atoms with Gasteiger partial charge in [-0.2, -0.15) is 0 Å². The summed E-state index contributed by atoms with van der Waals surface area (Å²) in [4.78, 5) is 24.5. The van der Waals surface area contributed by atoms with Crippen molar-refractivity contribution in [3.63, 3.8) is 0 Å². The number of nitrogens with zero attached hydrogens (tertiary/aromatic N) is 2. The maximum Gasteiger partial charge on any atom is 0.357 e. The van der Waals surface area contributed by atoms with Crippen LogP contribution in [0.2, 0.25) is 0 Å². The SMILES string of the molecule is CCOC(=O)c1cc([N+](=O)[O-])ccn1. The Kier molecular flexibility index (Phi) is 3.11. The molecule has 0 aromatic carbocycles. The first-order valence-electron chi connectivity index (χ1n) is 3.92. The van der Waals surface area contributed by atoms with Crippen molar-refractivity contribution in [2.24, 2.45) is 0 Å². The normalized spacial score (nSPS) is 9.50. The molecular formula is C8H8N2O4. The molecule has 6 heteroatoms. The van der Waals surface area contributed by atoms with Crippen molar-refractivity contribution in [2.75, 3.05) is 6.61 Å². The predicted molar refractivity (Wildman–Crippen MR) is 46.8 cm³/mol. The second-order valence-corrected chi connectivity index (χ2v) is 2.38. The van der Waals surface area contributed by atoms with Crippen LogP contribution in [0.25, 0.3) is 0 Å². The Bertz CT molecular complexity index is 364. The van der Waals surface area contributed by atoms with Gasteiger partial charge in [0.1, 0.15) is 0 Å². The minimum Gasteiger partial charge on any atom is -0.461 e. The Morgan fingerprint density at radius 3 is 3.00 bits per heavy atom. The third-order valence-corrected chi connectivity index (χ3v) is 1.44. The first-order valence-corrected chi connectivity index (χ1v) is 3.92. The van der Waals surface area contributed by atoms with Crippen LogP contribution in [0.5, 0.6) is 0 Å². The molecule has 0 radical (unpaired) electrons. The molecule has 6 nitrogen and oxygen atoms in total. The van der Waals surface area contributed by atoms with Crippen molar-refractivity contribution >= 4 is 11.7 Å². The van der Waals surface area contributed by atoms with E-state index < -0.39 is 10.9 Å². The van der Waals surface area contributed by atoms with Crippen molar-refractivity contribution in [1.82, 2.24) is 4.98 Å². The lowest BCUT2D eigenvalue weighted by Crippen LogP contribution is -2.07. The zero-order chi connectivity index (χ0) is 10.6. The van der Waals surface area contributed by atoms with Crippen LogP contribution < -0.4 is 0 Å². The van der Waals surface area contributed by atoms with Crippen LogP contribution in [0.1, 0.15) is 17.4 Å². The molecule has 0 aliphatic rings. The van der Waals surface area contributed by atoms with E-state index in [9.17, 15) is 14.9 Å². The van der Waals surface area contributed by atoms with E-state index in [1.807, 2.05) is 0 Å². The molecule has 0 saturated heterocycles. The van der Waals surface area contributed by atoms with Gasteiger partial charge in [-0.25, -0.2) is 9.78 Å². The van der Waals surface area contributed by atoms with Gasteiger partial charge in [-0.05, 0) is 6.92 Å². The standard InChI is InChI=1S/C8H8N2O4/c1-2-14-8(11)7-5-6(10(12)13)3-4-9-7/h3-5H,2H2,1H3. The summed E-state index contributed by atoms with van der Waals surface area (Å²) in [5.74, 6) is -0.656. The highest BCUT2D eigenvalue weighted by Crippen LogP contribution is 2.11. The Labute approximate surface area is 79.7 Å². The summed E-state index contributed by atoms with van der Waals surface area (Å²) in [7, 11) is 0. The average molecular weight is 196 g/mol. The lowest BCUT2D eigenvalue weighted by Gasteiger charge is -1.99. The first kappa shape index (κ1) is 10.1. The highest BCUT2D eigenvalue weighted by atomic mass is 16.6. The quantitative estimate of drug-likeness (QED) is 0.411. The smallest absolute Gasteiger partial charge is 0.357 e. The van der Waals surface area contributed by atoms with Gasteiger partial charge in [0, 0.05) is 18.3 Å². The summed E-state index contributed by atoms with van der Waals surface area (Å²) >= 11 is 0. The molecule has 0 spiro atoms. The summed E-state index contributed by atoms with van der Waals surface area (Å²) in [6.07, 6.45) is 1.20. The lowest BCUT2D eigenvalue weighted by molar-refractivity contribution is -0.385. The van der Waals surface area contributed by atoms with Crippen molar-refractivity contribution in [2.45, 2.75) is 6.92 Å². The van der Waals surface area contributed by atoms with Gasteiger partial charge in [-0.15, -0.1) is 0 Å². The molecule has 0 amide bonds. The topological polar surface area (TPSA) is 82.3 Å². The van der Waals surface area contributed by atoms with Gasteiger partial charge in [-0.1, -0.05) is 0 Å². The fraction of sp³-hybridized carbons (Fsp3) is 0.250. The molecule has 0 aliphatic heterocycles. The van der Waals surface area contributed by atoms with Crippen LogP contribution in [0.4, 0.5) is 5.69 Å². The Hall–Kier alpha value is -1.98. The number of hydrogen-bond donors (Lipinski definition) is 0. The summed E-state index contributed by atoms with van der Waals surface area (Å²) < 4.78 is 4.64. The summed E-state index contributed by atoms with van der Waals surface area (Å²) in [5, 5.41) is 10.4. The van der Waals surface area contributed by atoms with Gasteiger partial charge in [0.05, 0.1) is 11.5 Å². The van der Waals surface area contributed by atoms with E-state index in [1.165, 1.54) is 12.3 Å². The third kappa shape index (κ3) is 2.25. The van der Waals surface area contributed by atoms with Gasteiger partial charge >= 0.3 is 5.97 Å². The van der Waals surface area contributed by atoms with E-state index in [4.69, 9.17) is 0 Å². The number of aromatic nitrogens is 1. The fourth-order valence-corrected chi connectivity index (χ4v) is 0.850. The number of esters is 1. The van der Waals surface area contributed by atoms with Crippen LogP contribution in [-0.4, -0.2) is 22.5 Å². The molecule has 0 bridgehead atoms. The number of rotatable bonds is 3. The Morgan fingerprint density at radius 1 is 1.71 bits per heavy atom. The van der Waals surface area contributed by atoms with E-state index in [0.29, 0.717) is 0 Å². The number of carbonyl (C=O) groups excluding carboxylic acids is 1. The molecule has 0 aliphatic carbocycles. The molecule has 0 N–H and O–H groups in total. The predicted octanol–water partition coefficient (Wildman–Crippen LogP) is 1.17. The van der Waals surface area contributed by atoms with Crippen molar-refractivity contribution in [1.29, 1.82) is 0 Å². The molecule has 0 fully saturated rings. The Balaban J connectivity index is 2.93. The van der Waals surface area contributed by atoms with Gasteiger partial charge < -0.3 is 4.74 Å². The number of ether oxygens (including phenoxy) is 1. The van der Waals surface area contributed by atoms with Crippen LogP contribution in [-0.2, 0) is 4.74 Å². The number of nitro groups is 1. The maximum atomic E-state index is 11.1. The zero-order valence-corrected chi connectivity index (χ0v) is 7.47. The Morgan fingerprint density at radius 2 is 2.43 bits per heavy atom. The van der Waals surface area contributed by atoms with Crippen molar-refractivity contribution in [3.8, 4) is 0 Å². The number of pyridine rings is 1. The largest absolute Gasteiger partial charge is 0.461 e. The molecule has 1 rings (SSSR count). The number of carbonyl (C=O) groups is 1. The van der Waals surface area contributed by atoms with Crippen LogP contribution in [0.15, 0.2) is 18.3 Å². The second kappa shape index (κ2) is 4.31. The molecule has 0 saturated carbocycles. The van der Waals surface area contributed by atoms with E-state index in [-0.39, 0.29) is 18.0 Å². The lowest BCUT2D eigenvalue weighted by atomic mass is 10.3. The van der Waals surface area contributed by atoms with E-state index in [2.05, 4.69) is 9.72 Å². The van der Waals surface area contributed by atoms with Gasteiger partial charge in [0.2, 0.25) is 0 Å². The highest BCUT2D eigenvalue weighted by Gasteiger charge is 2.13.